The summed E-state index contributed by atoms with van der Waals surface area (Å²) in [5.74, 6) is 0. The summed E-state index contributed by atoms with van der Waals surface area (Å²) in [6.45, 7) is 4.94. The van der Waals surface area contributed by atoms with E-state index in [1.807, 2.05) is 0 Å². The fourth-order valence-corrected chi connectivity index (χ4v) is 6.90. The minimum atomic E-state index is -2.95. The quantitative estimate of drug-likeness (QED) is 0.0352. The Kier molecular flexibility index (Phi) is 40.9. The second-order valence-corrected chi connectivity index (χ2v) is 15.4. The molecule has 0 amide bonds. The van der Waals surface area contributed by atoms with Crippen LogP contribution in [0.25, 0.3) is 0 Å². The Morgan fingerprint density at radius 3 is 0.700 bits per heavy atom. The van der Waals surface area contributed by atoms with Crippen LogP contribution in [-0.2, 0) is 23.1 Å². The Labute approximate surface area is 310 Å². The molecule has 0 fully saturated rings. The van der Waals surface area contributed by atoms with Crippen molar-refractivity contribution in [2.24, 2.45) is 0 Å². The van der Waals surface area contributed by atoms with Gasteiger partial charge in [-0.2, -0.15) is 9.59 Å². The van der Waals surface area contributed by atoms with Crippen molar-refractivity contribution in [3.63, 3.8) is 0 Å². The molecule has 0 rings (SSSR count). The van der Waals surface area contributed by atoms with Crippen LogP contribution < -0.4 is 0 Å². The van der Waals surface area contributed by atoms with Gasteiger partial charge >= 0.3 is 20.6 Å². The average molecular weight is 730 g/mol. The van der Waals surface area contributed by atoms with Gasteiger partial charge in [0.15, 0.2) is 0 Å². The number of rotatable bonds is 40. The van der Waals surface area contributed by atoms with Gasteiger partial charge in [-0.05, 0) is 12.8 Å². The molecule has 0 aromatic rings. The van der Waals surface area contributed by atoms with Crippen LogP contribution in [0.2, 0.25) is 0 Å². The van der Waals surface area contributed by atoms with Crippen molar-refractivity contribution in [1.82, 2.24) is 0 Å². The zero-order valence-corrected chi connectivity index (χ0v) is 34.1. The van der Waals surface area contributed by atoms with E-state index in [1.54, 1.807) is 0 Å². The molecule has 0 aromatic heterocycles. The molecule has 0 radical (unpaired) electrons. The Balaban J connectivity index is 3.36. The fourth-order valence-electron chi connectivity index (χ4n) is 6.51. The first-order valence-corrected chi connectivity index (χ1v) is 22.9. The first kappa shape index (κ1) is 48.6. The average Bonchev–Trinajstić information content (AvgIpc) is 3.10. The molecule has 7 nitrogen and oxygen atoms in total. The summed E-state index contributed by atoms with van der Waals surface area (Å²) in [6, 6.07) is 0. The van der Waals surface area contributed by atoms with E-state index in [1.165, 1.54) is 193 Å². The maximum absolute atomic E-state index is 11.8. The SMILES string of the molecule is CCCCCCCCCCCCCCCCCCCCOC(=O)O[P+](=O)OC(=O)OCCCCCCCCCCCCCCCCCCCC. The van der Waals surface area contributed by atoms with Crippen LogP contribution in [0.1, 0.15) is 245 Å². The second kappa shape index (κ2) is 42.1. The summed E-state index contributed by atoms with van der Waals surface area (Å²) >= 11 is 0. The highest BCUT2D eigenvalue weighted by Gasteiger charge is 2.33. The van der Waals surface area contributed by atoms with E-state index >= 15 is 0 Å². The van der Waals surface area contributed by atoms with Crippen molar-refractivity contribution < 1.29 is 32.7 Å². The summed E-state index contributed by atoms with van der Waals surface area (Å²) in [5, 5.41) is 0. The van der Waals surface area contributed by atoms with Gasteiger partial charge in [-0.25, -0.2) is 0 Å². The van der Waals surface area contributed by atoms with E-state index < -0.39 is 20.6 Å². The number of hydrogen-bond acceptors (Lipinski definition) is 7. The van der Waals surface area contributed by atoms with Gasteiger partial charge in [-0.3, -0.25) is 0 Å². The monoisotopic (exact) mass is 730 g/mol. The van der Waals surface area contributed by atoms with E-state index in [0.29, 0.717) is 0 Å². The Morgan fingerprint density at radius 1 is 0.320 bits per heavy atom. The Morgan fingerprint density at radius 2 is 0.500 bits per heavy atom. The molecule has 0 atom stereocenters. The van der Waals surface area contributed by atoms with Gasteiger partial charge in [-0.15, -0.1) is 9.05 Å². The molecular weight excluding hydrogens is 647 g/mol. The first-order chi connectivity index (χ1) is 24.6. The first-order valence-electron chi connectivity index (χ1n) is 21.8. The molecule has 0 aliphatic rings. The van der Waals surface area contributed by atoms with Crippen LogP contribution in [0.5, 0.6) is 0 Å². The van der Waals surface area contributed by atoms with Gasteiger partial charge in [0.1, 0.15) is 0 Å². The third-order valence-corrected chi connectivity index (χ3v) is 10.3. The van der Waals surface area contributed by atoms with Crippen molar-refractivity contribution >= 4 is 20.6 Å². The lowest BCUT2D eigenvalue weighted by Gasteiger charge is -2.04. The summed E-state index contributed by atoms with van der Waals surface area (Å²) in [4.78, 5) is 23.4. The minimum absolute atomic E-state index is 0.199. The molecule has 0 saturated heterocycles. The smallest absolute Gasteiger partial charge is 0.431 e. The van der Waals surface area contributed by atoms with Crippen molar-refractivity contribution in [2.75, 3.05) is 13.2 Å². The van der Waals surface area contributed by atoms with Gasteiger partial charge in [0.25, 0.3) is 0 Å². The van der Waals surface area contributed by atoms with E-state index in [0.717, 1.165) is 38.5 Å². The zero-order chi connectivity index (χ0) is 36.4. The van der Waals surface area contributed by atoms with Crippen LogP contribution >= 0.6 is 8.25 Å². The molecule has 0 aromatic carbocycles. The van der Waals surface area contributed by atoms with Gasteiger partial charge in [0.2, 0.25) is 0 Å². The summed E-state index contributed by atoms with van der Waals surface area (Å²) in [7, 11) is -2.95. The van der Waals surface area contributed by atoms with Crippen LogP contribution in [0.3, 0.4) is 0 Å². The van der Waals surface area contributed by atoms with Crippen LogP contribution in [0.4, 0.5) is 9.59 Å². The zero-order valence-electron chi connectivity index (χ0n) is 33.2. The van der Waals surface area contributed by atoms with Crippen molar-refractivity contribution in [3.05, 3.63) is 0 Å². The second-order valence-electron chi connectivity index (χ2n) is 14.6. The molecule has 0 bridgehead atoms. The molecule has 50 heavy (non-hydrogen) atoms. The molecule has 0 saturated carbocycles. The predicted octanol–water partition coefficient (Wildman–Crippen LogP) is 16.0. The number of ether oxygens (including phenoxy) is 2. The fraction of sp³-hybridized carbons (Fsp3) is 0.952. The lowest BCUT2D eigenvalue weighted by Crippen LogP contribution is -2.08. The maximum atomic E-state index is 11.8. The summed E-state index contributed by atoms with van der Waals surface area (Å²) in [6.07, 6.45) is 44.3. The van der Waals surface area contributed by atoms with Gasteiger partial charge in [-0.1, -0.05) is 232 Å². The highest BCUT2D eigenvalue weighted by Crippen LogP contribution is 2.25. The number of carbonyl (C=O) groups excluding carboxylic acids is 2. The van der Waals surface area contributed by atoms with Gasteiger partial charge in [0, 0.05) is 4.57 Å². The Bertz CT molecular complexity index is 675. The molecule has 8 heteroatoms. The highest BCUT2D eigenvalue weighted by atomic mass is 31.1. The third-order valence-electron chi connectivity index (χ3n) is 9.73. The minimum Gasteiger partial charge on any atom is -0.431 e. The number of hydrogen-bond donors (Lipinski definition) is 0. The van der Waals surface area contributed by atoms with E-state index in [2.05, 4.69) is 22.9 Å². The maximum Gasteiger partial charge on any atom is 0.818 e. The molecule has 0 aliphatic carbocycles. The standard InChI is InChI=1S/C42H82O7P/c1-3-5-7-9-11-13-15-17-19-21-23-25-27-29-31-33-35-37-39-46-41(43)48-50(45)49-42(44)47-40-38-36-34-32-30-28-26-24-22-20-18-16-14-12-10-8-6-4-2/h3-40H2,1-2H3/q+1. The highest BCUT2D eigenvalue weighted by molar-refractivity contribution is 7.34. The largest absolute Gasteiger partial charge is 0.818 e. The molecular formula is C42H82O7P+. The van der Waals surface area contributed by atoms with Crippen LogP contribution in [0.15, 0.2) is 0 Å². The van der Waals surface area contributed by atoms with Crippen molar-refractivity contribution in [1.29, 1.82) is 0 Å². The van der Waals surface area contributed by atoms with Crippen LogP contribution in [-0.4, -0.2) is 25.5 Å². The summed E-state index contributed by atoms with van der Waals surface area (Å²) < 4.78 is 30.7. The lowest BCUT2D eigenvalue weighted by molar-refractivity contribution is 0.0803. The van der Waals surface area contributed by atoms with E-state index in [9.17, 15) is 14.2 Å². The molecule has 0 spiro atoms. The third kappa shape index (κ3) is 41.1. The van der Waals surface area contributed by atoms with E-state index in [4.69, 9.17) is 9.47 Å². The van der Waals surface area contributed by atoms with Gasteiger partial charge < -0.3 is 9.47 Å². The molecule has 0 heterocycles. The van der Waals surface area contributed by atoms with Gasteiger partial charge in [0.05, 0.1) is 13.2 Å². The van der Waals surface area contributed by atoms with E-state index in [-0.39, 0.29) is 13.2 Å². The number of carbonyl (C=O) groups is 2. The molecule has 0 N–H and O–H groups in total. The predicted molar refractivity (Wildman–Crippen MR) is 210 cm³/mol. The van der Waals surface area contributed by atoms with Crippen LogP contribution in [0, 0.1) is 0 Å². The van der Waals surface area contributed by atoms with Crippen molar-refractivity contribution in [2.45, 2.75) is 245 Å². The normalized spacial score (nSPS) is 11.1. The lowest BCUT2D eigenvalue weighted by atomic mass is 10.0. The molecule has 0 unspecified atom stereocenters. The molecule has 296 valence electrons. The number of unbranched alkanes of at least 4 members (excludes halogenated alkanes) is 34. The molecule has 0 aliphatic heterocycles. The summed E-state index contributed by atoms with van der Waals surface area (Å²) in [5.41, 5.74) is 0. The van der Waals surface area contributed by atoms with Crippen molar-refractivity contribution in [3.8, 4) is 0 Å². The topological polar surface area (TPSA) is 88.1 Å². The Hall–Kier alpha value is -1.36.